The second-order valence-corrected chi connectivity index (χ2v) is 5.74. The molecule has 1 fully saturated rings. The molecule has 0 amide bonds. The Kier molecular flexibility index (Phi) is 2.55. The van der Waals surface area contributed by atoms with Gasteiger partial charge in [0.15, 0.2) is 0 Å². The second kappa shape index (κ2) is 4.32. The highest BCUT2D eigenvalue weighted by Crippen LogP contribution is 2.41. The van der Waals surface area contributed by atoms with E-state index in [1.165, 1.54) is 12.1 Å². The molecule has 2 aromatic carbocycles. The summed E-state index contributed by atoms with van der Waals surface area (Å²) in [5.41, 5.74) is 10.5. The maximum atomic E-state index is 13.4. The van der Waals surface area contributed by atoms with Crippen molar-refractivity contribution < 1.29 is 4.39 Å². The molecule has 0 saturated heterocycles. The van der Waals surface area contributed by atoms with E-state index in [1.807, 2.05) is 31.2 Å². The lowest BCUT2D eigenvalue weighted by Crippen LogP contribution is -1.98. The van der Waals surface area contributed by atoms with Crippen LogP contribution in [-0.2, 0) is 0 Å². The summed E-state index contributed by atoms with van der Waals surface area (Å²) < 4.78 is 15.7. The molecule has 0 spiro atoms. The van der Waals surface area contributed by atoms with Crippen LogP contribution in [0, 0.1) is 12.7 Å². The molecule has 1 aromatic heterocycles. The smallest absolute Gasteiger partial charge is 0.141 e. The van der Waals surface area contributed by atoms with Crippen LogP contribution < -0.4 is 5.73 Å². The van der Waals surface area contributed by atoms with Gasteiger partial charge < -0.3 is 10.3 Å². The quantitative estimate of drug-likeness (QED) is 0.720. The van der Waals surface area contributed by atoms with E-state index < -0.39 is 0 Å². The van der Waals surface area contributed by atoms with Crippen molar-refractivity contribution in [3.05, 3.63) is 47.8 Å². The number of anilines is 1. The summed E-state index contributed by atoms with van der Waals surface area (Å²) in [7, 11) is 0. The van der Waals surface area contributed by atoms with E-state index in [-0.39, 0.29) is 5.82 Å². The van der Waals surface area contributed by atoms with Crippen molar-refractivity contribution in [2.45, 2.75) is 25.8 Å². The number of fused-ring (bicyclic) bond motifs is 1. The van der Waals surface area contributed by atoms with Gasteiger partial charge in [0, 0.05) is 23.4 Å². The highest BCUT2D eigenvalue weighted by Gasteiger charge is 2.28. The number of rotatable bonds is 2. The Bertz CT molecular complexity index is 847. The highest BCUT2D eigenvalue weighted by atomic mass is 19.1. The molecule has 21 heavy (non-hydrogen) atoms. The first-order valence-corrected chi connectivity index (χ1v) is 7.17. The Morgan fingerprint density at radius 1 is 1.19 bits per heavy atom. The normalized spacial score (nSPS) is 14.8. The van der Waals surface area contributed by atoms with Crippen LogP contribution in [0.2, 0.25) is 0 Å². The fourth-order valence-electron chi connectivity index (χ4n) is 2.79. The van der Waals surface area contributed by atoms with Crippen molar-refractivity contribution in [2.75, 3.05) is 5.73 Å². The Morgan fingerprint density at radius 2 is 2.00 bits per heavy atom. The number of aryl methyl sites for hydroxylation is 1. The van der Waals surface area contributed by atoms with Crippen molar-refractivity contribution >= 4 is 16.7 Å². The maximum absolute atomic E-state index is 13.4. The van der Waals surface area contributed by atoms with E-state index in [9.17, 15) is 4.39 Å². The zero-order valence-corrected chi connectivity index (χ0v) is 11.8. The first kappa shape index (κ1) is 12.4. The van der Waals surface area contributed by atoms with Crippen LogP contribution in [0.3, 0.4) is 0 Å². The molecule has 1 aliphatic carbocycles. The molecule has 106 valence electrons. The minimum absolute atomic E-state index is 0.247. The Hall–Kier alpha value is -2.36. The molecule has 4 heteroatoms. The lowest BCUT2D eigenvalue weighted by molar-refractivity contribution is 0.629. The van der Waals surface area contributed by atoms with Crippen molar-refractivity contribution in [2.24, 2.45) is 0 Å². The standard InChI is InChI=1S/C17H16FN3/c1-10-8-11(2-6-14(10)19)17-20-15-9-12(18)3-7-16(15)21(17)13-4-5-13/h2-3,6-9,13H,4-5,19H2,1H3. The number of imidazole rings is 1. The minimum atomic E-state index is -0.247. The topological polar surface area (TPSA) is 43.8 Å². The molecular formula is C17H16FN3. The summed E-state index contributed by atoms with van der Waals surface area (Å²) in [6, 6.07) is 11.2. The van der Waals surface area contributed by atoms with Crippen LogP contribution in [0.5, 0.6) is 0 Å². The molecular weight excluding hydrogens is 265 g/mol. The van der Waals surface area contributed by atoms with Crippen LogP contribution in [0.1, 0.15) is 24.4 Å². The molecule has 3 aromatic rings. The monoisotopic (exact) mass is 281 g/mol. The summed E-state index contributed by atoms with van der Waals surface area (Å²) in [5, 5.41) is 0. The second-order valence-electron chi connectivity index (χ2n) is 5.74. The average Bonchev–Trinajstić information content (AvgIpc) is 3.22. The Labute approximate surface area is 122 Å². The fraction of sp³-hybridized carbons (Fsp3) is 0.235. The van der Waals surface area contributed by atoms with Crippen LogP contribution in [0.25, 0.3) is 22.4 Å². The van der Waals surface area contributed by atoms with Gasteiger partial charge in [0.2, 0.25) is 0 Å². The van der Waals surface area contributed by atoms with E-state index in [4.69, 9.17) is 5.73 Å². The van der Waals surface area contributed by atoms with Gasteiger partial charge in [-0.3, -0.25) is 0 Å². The predicted molar refractivity (Wildman–Crippen MR) is 82.5 cm³/mol. The largest absolute Gasteiger partial charge is 0.399 e. The third-order valence-electron chi connectivity index (χ3n) is 4.09. The molecule has 3 nitrogen and oxygen atoms in total. The third-order valence-corrected chi connectivity index (χ3v) is 4.09. The number of nitrogens with two attached hydrogens (primary N) is 1. The van der Waals surface area contributed by atoms with Crippen LogP contribution in [0.15, 0.2) is 36.4 Å². The van der Waals surface area contributed by atoms with E-state index >= 15 is 0 Å². The zero-order chi connectivity index (χ0) is 14.6. The van der Waals surface area contributed by atoms with Gasteiger partial charge in [0.1, 0.15) is 11.6 Å². The molecule has 4 rings (SSSR count). The van der Waals surface area contributed by atoms with E-state index in [2.05, 4.69) is 9.55 Å². The van der Waals surface area contributed by atoms with E-state index in [0.29, 0.717) is 11.6 Å². The Morgan fingerprint density at radius 3 is 2.71 bits per heavy atom. The number of aromatic nitrogens is 2. The lowest BCUT2D eigenvalue weighted by atomic mass is 10.1. The van der Waals surface area contributed by atoms with Gasteiger partial charge >= 0.3 is 0 Å². The summed E-state index contributed by atoms with van der Waals surface area (Å²) in [5.74, 6) is 0.657. The third kappa shape index (κ3) is 1.98. The van der Waals surface area contributed by atoms with Gasteiger partial charge in [-0.1, -0.05) is 0 Å². The lowest BCUT2D eigenvalue weighted by Gasteiger charge is -2.09. The van der Waals surface area contributed by atoms with Gasteiger partial charge in [-0.25, -0.2) is 9.37 Å². The summed E-state index contributed by atoms with van der Waals surface area (Å²) >= 11 is 0. The number of nitrogens with zero attached hydrogens (tertiary/aromatic N) is 2. The van der Waals surface area contributed by atoms with Gasteiger partial charge in [0.25, 0.3) is 0 Å². The summed E-state index contributed by atoms with van der Waals surface area (Å²) in [6.07, 6.45) is 2.31. The molecule has 0 aliphatic heterocycles. The van der Waals surface area contributed by atoms with Gasteiger partial charge in [-0.2, -0.15) is 0 Å². The van der Waals surface area contributed by atoms with Crippen molar-refractivity contribution in [3.63, 3.8) is 0 Å². The highest BCUT2D eigenvalue weighted by molar-refractivity contribution is 5.81. The van der Waals surface area contributed by atoms with Gasteiger partial charge in [0.05, 0.1) is 11.0 Å². The molecule has 1 saturated carbocycles. The molecule has 1 aliphatic rings. The van der Waals surface area contributed by atoms with E-state index in [1.54, 1.807) is 0 Å². The van der Waals surface area contributed by atoms with Gasteiger partial charge in [-0.15, -0.1) is 0 Å². The summed E-state index contributed by atoms with van der Waals surface area (Å²) in [4.78, 5) is 4.66. The molecule has 2 N–H and O–H groups in total. The zero-order valence-electron chi connectivity index (χ0n) is 11.8. The number of hydrogen-bond donors (Lipinski definition) is 1. The fourth-order valence-corrected chi connectivity index (χ4v) is 2.79. The van der Waals surface area contributed by atoms with Crippen LogP contribution >= 0.6 is 0 Å². The predicted octanol–water partition coefficient (Wildman–Crippen LogP) is 4.07. The average molecular weight is 281 g/mol. The van der Waals surface area contributed by atoms with Gasteiger partial charge in [-0.05, 0) is 55.7 Å². The number of halogens is 1. The van der Waals surface area contributed by atoms with Crippen LogP contribution in [0.4, 0.5) is 10.1 Å². The van der Waals surface area contributed by atoms with E-state index in [0.717, 1.165) is 41.0 Å². The molecule has 0 bridgehead atoms. The van der Waals surface area contributed by atoms with Crippen molar-refractivity contribution in [1.82, 2.24) is 9.55 Å². The number of nitrogen functional groups attached to an aromatic ring is 1. The SMILES string of the molecule is Cc1cc(-c2nc3cc(F)ccc3n2C2CC2)ccc1N. The first-order valence-electron chi connectivity index (χ1n) is 7.17. The van der Waals surface area contributed by atoms with Crippen molar-refractivity contribution in [3.8, 4) is 11.4 Å². The number of hydrogen-bond acceptors (Lipinski definition) is 2. The molecule has 0 unspecified atom stereocenters. The summed E-state index contributed by atoms with van der Waals surface area (Å²) in [6.45, 7) is 1.99. The first-order chi connectivity index (χ1) is 10.1. The molecule has 0 atom stereocenters. The maximum Gasteiger partial charge on any atom is 0.141 e. The van der Waals surface area contributed by atoms with Crippen LogP contribution in [-0.4, -0.2) is 9.55 Å². The van der Waals surface area contributed by atoms with Crippen molar-refractivity contribution in [1.29, 1.82) is 0 Å². The molecule has 0 radical (unpaired) electrons. The minimum Gasteiger partial charge on any atom is -0.399 e. The Balaban J connectivity index is 1.98. The number of benzene rings is 2. The molecule has 1 heterocycles.